The Hall–Kier alpha value is -1.77. The van der Waals surface area contributed by atoms with Gasteiger partial charge in [0.1, 0.15) is 5.75 Å². The number of hydrogen-bond acceptors (Lipinski definition) is 2. The predicted octanol–water partition coefficient (Wildman–Crippen LogP) is 2.71. The molecule has 3 heteroatoms. The Bertz CT molecular complexity index is 454. The van der Waals surface area contributed by atoms with Crippen molar-refractivity contribution in [2.75, 3.05) is 13.7 Å². The summed E-state index contributed by atoms with van der Waals surface area (Å²) in [5, 5.41) is 2.98. The Kier molecular flexibility index (Phi) is 5.01. The van der Waals surface area contributed by atoms with Crippen molar-refractivity contribution in [3.05, 3.63) is 42.0 Å². The first-order chi connectivity index (χ1) is 9.28. The molecule has 0 heterocycles. The molecule has 1 unspecified atom stereocenters. The van der Waals surface area contributed by atoms with Gasteiger partial charge in [-0.3, -0.25) is 4.79 Å². The molecule has 102 valence electrons. The van der Waals surface area contributed by atoms with Gasteiger partial charge >= 0.3 is 0 Å². The van der Waals surface area contributed by atoms with Crippen LogP contribution in [0.2, 0.25) is 0 Å². The van der Waals surface area contributed by atoms with Gasteiger partial charge < -0.3 is 10.1 Å². The van der Waals surface area contributed by atoms with E-state index in [0.29, 0.717) is 18.9 Å². The maximum atomic E-state index is 11.7. The summed E-state index contributed by atoms with van der Waals surface area (Å²) in [6, 6.07) is 7.95. The third-order valence-corrected chi connectivity index (χ3v) is 3.43. The molecule has 19 heavy (non-hydrogen) atoms. The van der Waals surface area contributed by atoms with Crippen LogP contribution in [0.25, 0.3) is 0 Å². The highest BCUT2D eigenvalue weighted by Crippen LogP contribution is 2.20. The lowest BCUT2D eigenvalue weighted by Crippen LogP contribution is -2.26. The number of ether oxygens (including phenoxy) is 1. The van der Waals surface area contributed by atoms with E-state index in [-0.39, 0.29) is 5.91 Å². The summed E-state index contributed by atoms with van der Waals surface area (Å²) >= 11 is 0. The average Bonchev–Trinajstić information content (AvgIpc) is 2.92. The molecule has 0 radical (unpaired) electrons. The van der Waals surface area contributed by atoms with Crippen LogP contribution in [0.4, 0.5) is 0 Å². The SMILES string of the molecule is COc1cccc(CCNC(=O)CC2C=CCC2)c1. The number of carbonyl (C=O) groups is 1. The minimum Gasteiger partial charge on any atom is -0.497 e. The number of rotatable bonds is 6. The van der Waals surface area contributed by atoms with Crippen molar-refractivity contribution in [1.29, 1.82) is 0 Å². The van der Waals surface area contributed by atoms with Gasteiger partial charge in [0, 0.05) is 13.0 Å². The van der Waals surface area contributed by atoms with Gasteiger partial charge in [0.05, 0.1) is 7.11 Å². The number of amides is 1. The summed E-state index contributed by atoms with van der Waals surface area (Å²) in [5.41, 5.74) is 1.18. The molecule has 1 aromatic carbocycles. The van der Waals surface area contributed by atoms with E-state index >= 15 is 0 Å². The van der Waals surface area contributed by atoms with Crippen molar-refractivity contribution < 1.29 is 9.53 Å². The molecule has 1 aromatic rings. The van der Waals surface area contributed by atoms with Crippen LogP contribution in [-0.2, 0) is 11.2 Å². The molecule has 0 spiro atoms. The summed E-state index contributed by atoms with van der Waals surface area (Å²) in [5.74, 6) is 1.45. The highest BCUT2D eigenvalue weighted by atomic mass is 16.5. The fraction of sp³-hybridized carbons (Fsp3) is 0.438. The van der Waals surface area contributed by atoms with E-state index in [1.54, 1.807) is 7.11 Å². The van der Waals surface area contributed by atoms with E-state index in [4.69, 9.17) is 4.74 Å². The van der Waals surface area contributed by atoms with Crippen LogP contribution in [0.1, 0.15) is 24.8 Å². The zero-order chi connectivity index (χ0) is 13.5. The molecule has 3 nitrogen and oxygen atoms in total. The number of carbonyl (C=O) groups excluding carboxylic acids is 1. The summed E-state index contributed by atoms with van der Waals surface area (Å²) in [7, 11) is 1.66. The highest BCUT2D eigenvalue weighted by Gasteiger charge is 2.13. The third kappa shape index (κ3) is 4.43. The summed E-state index contributed by atoms with van der Waals surface area (Å²) in [6.45, 7) is 0.683. The van der Waals surface area contributed by atoms with E-state index in [1.807, 2.05) is 24.3 Å². The lowest BCUT2D eigenvalue weighted by Gasteiger charge is -2.09. The number of methoxy groups -OCH3 is 1. The zero-order valence-electron chi connectivity index (χ0n) is 11.4. The molecule has 0 saturated heterocycles. The van der Waals surface area contributed by atoms with Crippen molar-refractivity contribution in [3.63, 3.8) is 0 Å². The predicted molar refractivity (Wildman–Crippen MR) is 76.2 cm³/mol. The van der Waals surface area contributed by atoms with E-state index in [2.05, 4.69) is 17.5 Å². The molecule has 1 aliphatic carbocycles. The number of benzene rings is 1. The second-order valence-corrected chi connectivity index (χ2v) is 4.92. The molecule has 0 aromatic heterocycles. The van der Waals surface area contributed by atoms with Crippen LogP contribution in [0.5, 0.6) is 5.75 Å². The monoisotopic (exact) mass is 259 g/mol. The minimum absolute atomic E-state index is 0.152. The van der Waals surface area contributed by atoms with Crippen molar-refractivity contribution in [3.8, 4) is 5.75 Å². The standard InChI is InChI=1S/C16H21NO2/c1-19-15-8-4-7-14(11-15)9-10-17-16(18)12-13-5-2-3-6-13/h2,4-5,7-8,11,13H,3,6,9-10,12H2,1H3,(H,17,18). The Labute approximate surface area is 114 Å². The van der Waals surface area contributed by atoms with Gasteiger partial charge in [-0.1, -0.05) is 24.3 Å². The maximum absolute atomic E-state index is 11.7. The Morgan fingerprint density at radius 2 is 2.37 bits per heavy atom. The first-order valence-electron chi connectivity index (χ1n) is 6.84. The van der Waals surface area contributed by atoms with Gasteiger partial charge in [-0.25, -0.2) is 0 Å². The Morgan fingerprint density at radius 1 is 1.47 bits per heavy atom. The molecular formula is C16H21NO2. The molecule has 0 aliphatic heterocycles. The topological polar surface area (TPSA) is 38.3 Å². The van der Waals surface area contributed by atoms with Crippen LogP contribution >= 0.6 is 0 Å². The Morgan fingerprint density at radius 3 is 3.11 bits per heavy atom. The van der Waals surface area contributed by atoms with Crippen LogP contribution in [0, 0.1) is 5.92 Å². The maximum Gasteiger partial charge on any atom is 0.220 e. The highest BCUT2D eigenvalue weighted by molar-refractivity contribution is 5.76. The van der Waals surface area contributed by atoms with Gasteiger partial charge in [-0.2, -0.15) is 0 Å². The lowest BCUT2D eigenvalue weighted by atomic mass is 10.0. The molecular weight excluding hydrogens is 238 g/mol. The fourth-order valence-electron chi connectivity index (χ4n) is 2.35. The normalized spacial score (nSPS) is 17.4. The summed E-state index contributed by atoms with van der Waals surface area (Å²) in [4.78, 5) is 11.7. The zero-order valence-corrected chi connectivity index (χ0v) is 11.4. The van der Waals surface area contributed by atoms with E-state index < -0.39 is 0 Å². The summed E-state index contributed by atoms with van der Waals surface area (Å²) in [6.07, 6.45) is 8.00. The smallest absolute Gasteiger partial charge is 0.220 e. The minimum atomic E-state index is 0.152. The van der Waals surface area contributed by atoms with Gasteiger partial charge in [-0.05, 0) is 42.9 Å². The second kappa shape index (κ2) is 6.98. The van der Waals surface area contributed by atoms with Crippen molar-refractivity contribution >= 4 is 5.91 Å². The molecule has 0 bridgehead atoms. The Balaban J connectivity index is 1.70. The van der Waals surface area contributed by atoms with Crippen LogP contribution in [-0.4, -0.2) is 19.6 Å². The van der Waals surface area contributed by atoms with E-state index in [9.17, 15) is 4.79 Å². The number of allylic oxidation sites excluding steroid dienone is 2. The molecule has 1 N–H and O–H groups in total. The van der Waals surface area contributed by atoms with Crippen LogP contribution < -0.4 is 10.1 Å². The van der Waals surface area contributed by atoms with Gasteiger partial charge in [0.15, 0.2) is 0 Å². The van der Waals surface area contributed by atoms with Gasteiger partial charge in [-0.15, -0.1) is 0 Å². The van der Waals surface area contributed by atoms with Crippen molar-refractivity contribution in [1.82, 2.24) is 5.32 Å². The molecule has 2 rings (SSSR count). The van der Waals surface area contributed by atoms with Crippen LogP contribution in [0.3, 0.4) is 0 Å². The van der Waals surface area contributed by atoms with Gasteiger partial charge in [0.2, 0.25) is 5.91 Å². The third-order valence-electron chi connectivity index (χ3n) is 3.43. The molecule has 0 fully saturated rings. The largest absolute Gasteiger partial charge is 0.497 e. The average molecular weight is 259 g/mol. The molecule has 0 saturated carbocycles. The van der Waals surface area contributed by atoms with Crippen LogP contribution in [0.15, 0.2) is 36.4 Å². The number of nitrogens with one attached hydrogen (secondary N) is 1. The van der Waals surface area contributed by atoms with Crippen molar-refractivity contribution in [2.45, 2.75) is 25.7 Å². The van der Waals surface area contributed by atoms with E-state index in [1.165, 1.54) is 5.56 Å². The fourth-order valence-corrected chi connectivity index (χ4v) is 2.35. The molecule has 1 atom stereocenters. The molecule has 1 aliphatic rings. The van der Waals surface area contributed by atoms with Crippen molar-refractivity contribution in [2.24, 2.45) is 5.92 Å². The molecule has 1 amide bonds. The number of hydrogen-bond donors (Lipinski definition) is 1. The first-order valence-corrected chi connectivity index (χ1v) is 6.84. The first kappa shape index (κ1) is 13.7. The quantitative estimate of drug-likeness (QED) is 0.798. The van der Waals surface area contributed by atoms with E-state index in [0.717, 1.165) is 25.0 Å². The lowest BCUT2D eigenvalue weighted by molar-refractivity contribution is -0.121. The van der Waals surface area contributed by atoms with Gasteiger partial charge in [0.25, 0.3) is 0 Å². The second-order valence-electron chi connectivity index (χ2n) is 4.92. The summed E-state index contributed by atoms with van der Waals surface area (Å²) < 4.78 is 5.18.